The van der Waals surface area contributed by atoms with Gasteiger partial charge in [0.05, 0.1) is 11.9 Å². The van der Waals surface area contributed by atoms with Gasteiger partial charge < -0.3 is 5.41 Å². The van der Waals surface area contributed by atoms with Crippen LogP contribution < -0.4 is 0 Å². The van der Waals surface area contributed by atoms with Crippen LogP contribution in [0.25, 0.3) is 0 Å². The predicted octanol–water partition coefficient (Wildman–Crippen LogP) is 2.35. The molecule has 0 heterocycles. The predicted molar refractivity (Wildman–Crippen MR) is 57.7 cm³/mol. The lowest BCUT2D eigenvalue weighted by Gasteiger charge is -1.92. The van der Waals surface area contributed by atoms with Gasteiger partial charge in [-0.2, -0.15) is 10.2 Å². The van der Waals surface area contributed by atoms with Crippen LogP contribution in [-0.2, 0) is 0 Å². The molecule has 66 valence electrons. The second-order valence-electron chi connectivity index (χ2n) is 2.13. The zero-order valence-electron chi connectivity index (χ0n) is 7.53. The van der Waals surface area contributed by atoms with Crippen molar-refractivity contribution >= 4 is 29.9 Å². The summed E-state index contributed by atoms with van der Waals surface area (Å²) in [4.78, 5) is 1.20. The van der Waals surface area contributed by atoms with E-state index in [2.05, 4.69) is 10.2 Å². The van der Waals surface area contributed by atoms with Gasteiger partial charge in [-0.1, -0.05) is 0 Å². The highest BCUT2D eigenvalue weighted by molar-refractivity contribution is 8.02. The Morgan fingerprint density at radius 3 is 2.58 bits per heavy atom. The van der Waals surface area contributed by atoms with E-state index < -0.39 is 0 Å². The van der Waals surface area contributed by atoms with Gasteiger partial charge in [0.15, 0.2) is 0 Å². The molecule has 0 fully saturated rings. The van der Waals surface area contributed by atoms with Gasteiger partial charge in [0.1, 0.15) is 0 Å². The molecule has 0 saturated carbocycles. The summed E-state index contributed by atoms with van der Waals surface area (Å²) >= 11 is 1.68. The van der Waals surface area contributed by atoms with Gasteiger partial charge in [-0.05, 0) is 31.1 Å². The van der Waals surface area contributed by atoms with E-state index in [-0.39, 0.29) is 0 Å². The van der Waals surface area contributed by atoms with Gasteiger partial charge in [-0.15, -0.1) is 11.8 Å². The van der Waals surface area contributed by atoms with E-state index in [0.717, 1.165) is 11.9 Å². The van der Waals surface area contributed by atoms with Crippen molar-refractivity contribution in [2.75, 3.05) is 6.26 Å². The Bertz CT molecular complexity index is 228. The Hall–Kier alpha value is -0.900. The molecule has 0 saturated heterocycles. The van der Waals surface area contributed by atoms with Crippen LogP contribution >= 0.6 is 11.8 Å². The second kappa shape index (κ2) is 6.79. The first-order valence-electron chi connectivity index (χ1n) is 3.49. The van der Waals surface area contributed by atoms with Crippen LogP contribution in [-0.4, -0.2) is 24.4 Å². The molecular formula is C8H13N3S. The van der Waals surface area contributed by atoms with Gasteiger partial charge in [0, 0.05) is 6.21 Å². The number of nitrogens with zero attached hydrogens (tertiary/aromatic N) is 2. The van der Waals surface area contributed by atoms with E-state index in [9.17, 15) is 0 Å². The molecule has 3 nitrogen and oxygen atoms in total. The van der Waals surface area contributed by atoms with E-state index in [0.29, 0.717) is 0 Å². The highest BCUT2D eigenvalue weighted by atomic mass is 32.2. The topological polar surface area (TPSA) is 48.6 Å². The Labute approximate surface area is 77.2 Å². The Kier molecular flexibility index (Phi) is 6.28. The fourth-order valence-electron chi connectivity index (χ4n) is 0.540. The molecule has 0 aromatic carbocycles. The molecule has 1 N–H and O–H groups in total. The molecule has 12 heavy (non-hydrogen) atoms. The first-order chi connectivity index (χ1) is 5.70. The molecule has 4 heteroatoms. The Balaban J connectivity index is 4.19. The van der Waals surface area contributed by atoms with Gasteiger partial charge in [-0.25, -0.2) is 0 Å². The van der Waals surface area contributed by atoms with E-state index in [1.165, 1.54) is 11.1 Å². The molecule has 0 atom stereocenters. The fourth-order valence-corrected chi connectivity index (χ4v) is 0.828. The lowest BCUT2D eigenvalue weighted by molar-refractivity contribution is 1.25. The van der Waals surface area contributed by atoms with E-state index in [4.69, 9.17) is 5.41 Å². The maximum atomic E-state index is 6.66. The lowest BCUT2D eigenvalue weighted by atomic mass is 10.4. The highest BCUT2D eigenvalue weighted by Gasteiger charge is 1.86. The standard InChI is InChI=1S/C8H13N3S/c1-7(6-8(2)12-3)11-10-5-4-9/h4-6,9H,1-3H3/b8-6+,9-4?,10-5+,11-7-. The second-order valence-corrected chi connectivity index (χ2v) is 3.18. The SMILES string of the molecule is CS/C(C)=C/C(C)=N\N=C\C=N. The van der Waals surface area contributed by atoms with E-state index in [1.54, 1.807) is 11.8 Å². The number of rotatable bonds is 4. The third-order valence-electron chi connectivity index (χ3n) is 1.09. The maximum Gasteiger partial charge on any atom is 0.0671 e. The summed E-state index contributed by atoms with van der Waals surface area (Å²) in [5, 5.41) is 14.2. The molecule has 0 aliphatic carbocycles. The van der Waals surface area contributed by atoms with Crippen molar-refractivity contribution in [3.8, 4) is 0 Å². The van der Waals surface area contributed by atoms with Gasteiger partial charge in [0.25, 0.3) is 0 Å². The van der Waals surface area contributed by atoms with Crippen LogP contribution in [0.2, 0.25) is 0 Å². The first kappa shape index (κ1) is 11.1. The van der Waals surface area contributed by atoms with Crippen molar-refractivity contribution < 1.29 is 0 Å². The summed E-state index contributed by atoms with van der Waals surface area (Å²) in [5.74, 6) is 0. The number of thioether (sulfide) groups is 1. The van der Waals surface area contributed by atoms with Gasteiger partial charge in [0.2, 0.25) is 0 Å². The minimum atomic E-state index is 0.847. The third kappa shape index (κ3) is 5.85. The minimum Gasteiger partial charge on any atom is -0.307 e. The van der Waals surface area contributed by atoms with Crippen LogP contribution in [0.5, 0.6) is 0 Å². The molecule has 0 spiro atoms. The van der Waals surface area contributed by atoms with Crippen molar-refractivity contribution in [3.63, 3.8) is 0 Å². The number of nitrogens with one attached hydrogen (secondary N) is 1. The number of hydrogen-bond acceptors (Lipinski definition) is 4. The molecule has 0 aromatic heterocycles. The van der Waals surface area contributed by atoms with Crippen molar-refractivity contribution in [1.29, 1.82) is 5.41 Å². The normalized spacial score (nSPS) is 13.9. The number of allylic oxidation sites excluding steroid dienone is 2. The summed E-state index contributed by atoms with van der Waals surface area (Å²) in [7, 11) is 0. The molecule has 0 rings (SSSR count). The van der Waals surface area contributed by atoms with Gasteiger partial charge in [-0.3, -0.25) is 0 Å². The van der Waals surface area contributed by atoms with Crippen molar-refractivity contribution in [2.45, 2.75) is 13.8 Å². The summed E-state index contributed by atoms with van der Waals surface area (Å²) < 4.78 is 0. The summed E-state index contributed by atoms with van der Waals surface area (Å²) in [6, 6.07) is 0. The van der Waals surface area contributed by atoms with Crippen molar-refractivity contribution in [1.82, 2.24) is 0 Å². The maximum absolute atomic E-state index is 6.66. The molecular weight excluding hydrogens is 170 g/mol. The monoisotopic (exact) mass is 183 g/mol. The van der Waals surface area contributed by atoms with Crippen LogP contribution in [0.4, 0.5) is 0 Å². The van der Waals surface area contributed by atoms with Crippen molar-refractivity contribution in [2.24, 2.45) is 10.2 Å². The molecule has 0 bridgehead atoms. The Morgan fingerprint density at radius 2 is 2.08 bits per heavy atom. The van der Waals surface area contributed by atoms with Crippen LogP contribution in [0, 0.1) is 5.41 Å². The minimum absolute atomic E-state index is 0.847. The summed E-state index contributed by atoms with van der Waals surface area (Å²) in [5.41, 5.74) is 0.847. The Morgan fingerprint density at radius 1 is 1.42 bits per heavy atom. The highest BCUT2D eigenvalue weighted by Crippen LogP contribution is 2.08. The van der Waals surface area contributed by atoms with Crippen LogP contribution in [0.3, 0.4) is 0 Å². The summed E-state index contributed by atoms with van der Waals surface area (Å²) in [6.07, 6.45) is 6.40. The van der Waals surface area contributed by atoms with Gasteiger partial charge >= 0.3 is 0 Å². The largest absolute Gasteiger partial charge is 0.307 e. The molecule has 0 amide bonds. The van der Waals surface area contributed by atoms with Crippen LogP contribution in [0.15, 0.2) is 21.2 Å². The third-order valence-corrected chi connectivity index (χ3v) is 1.85. The average Bonchev–Trinajstić information content (AvgIpc) is 2.05. The molecule has 0 aliphatic rings. The zero-order chi connectivity index (χ0) is 9.40. The van der Waals surface area contributed by atoms with E-state index >= 15 is 0 Å². The smallest absolute Gasteiger partial charge is 0.0671 e. The fraction of sp³-hybridized carbons (Fsp3) is 0.375. The number of hydrogen-bond donors (Lipinski definition) is 1. The average molecular weight is 183 g/mol. The van der Waals surface area contributed by atoms with Crippen LogP contribution in [0.1, 0.15) is 13.8 Å². The lowest BCUT2D eigenvalue weighted by Crippen LogP contribution is -1.84. The molecule has 0 radical (unpaired) electrons. The molecule has 0 aliphatic heterocycles. The molecule has 0 aromatic rings. The molecule has 0 unspecified atom stereocenters. The van der Waals surface area contributed by atoms with E-state index in [1.807, 2.05) is 26.2 Å². The zero-order valence-corrected chi connectivity index (χ0v) is 8.35. The van der Waals surface area contributed by atoms with Crippen molar-refractivity contribution in [3.05, 3.63) is 11.0 Å². The first-order valence-corrected chi connectivity index (χ1v) is 4.72. The quantitative estimate of drug-likeness (QED) is 0.528. The summed E-state index contributed by atoms with van der Waals surface area (Å²) in [6.45, 7) is 3.89.